The third kappa shape index (κ3) is 3.84. The highest BCUT2D eigenvalue weighted by molar-refractivity contribution is 5.56. The topological polar surface area (TPSA) is 59.9 Å². The molecule has 1 aromatic rings. The fourth-order valence-electron chi connectivity index (χ4n) is 2.17. The van der Waals surface area contributed by atoms with E-state index in [-0.39, 0.29) is 18.7 Å². The van der Waals surface area contributed by atoms with Crippen LogP contribution in [0.5, 0.6) is 0 Å². The van der Waals surface area contributed by atoms with Crippen LogP contribution in [-0.4, -0.2) is 42.8 Å². The van der Waals surface area contributed by atoms with E-state index in [9.17, 15) is 13.9 Å². The third-order valence-electron chi connectivity index (χ3n) is 3.16. The molecule has 1 aromatic carbocycles. The third-order valence-corrected chi connectivity index (χ3v) is 3.16. The summed E-state index contributed by atoms with van der Waals surface area (Å²) in [6.45, 7) is 4.61. The van der Waals surface area contributed by atoms with Gasteiger partial charge >= 0.3 is 0 Å². The van der Waals surface area contributed by atoms with Gasteiger partial charge in [0.25, 0.3) is 0 Å². The molecule has 0 amide bonds. The Morgan fingerprint density at radius 3 is 2.95 bits per heavy atom. The van der Waals surface area contributed by atoms with Crippen LogP contribution in [0.2, 0.25) is 0 Å². The second-order valence-corrected chi connectivity index (χ2v) is 4.82. The van der Waals surface area contributed by atoms with Crippen molar-refractivity contribution in [3.05, 3.63) is 48.1 Å². The van der Waals surface area contributed by atoms with Crippen LogP contribution >= 0.6 is 0 Å². The van der Waals surface area contributed by atoms with E-state index in [1.54, 1.807) is 11.1 Å². The van der Waals surface area contributed by atoms with E-state index in [1.807, 2.05) is 0 Å². The number of hydrazine groups is 1. The minimum atomic E-state index is -1.54. The first-order chi connectivity index (χ1) is 10.0. The van der Waals surface area contributed by atoms with Gasteiger partial charge in [-0.2, -0.15) is 0 Å². The summed E-state index contributed by atoms with van der Waals surface area (Å²) >= 11 is 0. The zero-order valence-corrected chi connectivity index (χ0v) is 11.5. The molecule has 0 aromatic heterocycles. The Morgan fingerprint density at radius 2 is 2.33 bits per heavy atom. The second kappa shape index (κ2) is 6.75. The molecule has 0 saturated heterocycles. The molecule has 1 unspecified atom stereocenters. The normalized spacial score (nSPS) is 17.0. The van der Waals surface area contributed by atoms with Gasteiger partial charge in [0, 0.05) is 24.7 Å². The molecule has 0 fully saturated rings. The monoisotopic (exact) mass is 296 g/mol. The molecular formula is C14H18F2N4O. The lowest BCUT2D eigenvalue weighted by molar-refractivity contribution is 0.00764. The van der Waals surface area contributed by atoms with Crippen molar-refractivity contribution >= 4 is 6.34 Å². The van der Waals surface area contributed by atoms with Crippen molar-refractivity contribution in [2.75, 3.05) is 26.3 Å². The number of benzene rings is 1. The summed E-state index contributed by atoms with van der Waals surface area (Å²) in [5.74, 6) is -1.47. The minimum Gasteiger partial charge on any atom is -0.382 e. The van der Waals surface area contributed by atoms with Gasteiger partial charge in [0.1, 0.15) is 30.2 Å². The Kier molecular flexibility index (Phi) is 5.00. The average molecular weight is 296 g/mol. The summed E-state index contributed by atoms with van der Waals surface area (Å²) in [6, 6.07) is 3.15. The first-order valence-electron chi connectivity index (χ1n) is 6.55. The maximum absolute atomic E-state index is 14.0. The highest BCUT2D eigenvalue weighted by Crippen LogP contribution is 2.25. The minimum absolute atomic E-state index is 0.0302. The van der Waals surface area contributed by atoms with E-state index in [0.717, 1.165) is 12.1 Å². The number of β-amino-alcohol motifs (C(OH)–C–C–N with tert-alkyl or cyclic N) is 1. The SMILES string of the molecule is C=CCNCC(O)(CN1C=NCN1)c1ccc(F)cc1F. The van der Waals surface area contributed by atoms with Crippen molar-refractivity contribution in [1.82, 2.24) is 15.8 Å². The lowest BCUT2D eigenvalue weighted by Crippen LogP contribution is -2.50. The van der Waals surface area contributed by atoms with Gasteiger partial charge in [0.05, 0.1) is 6.54 Å². The van der Waals surface area contributed by atoms with Gasteiger partial charge in [-0.3, -0.25) is 10.0 Å². The van der Waals surface area contributed by atoms with Gasteiger partial charge in [-0.1, -0.05) is 12.1 Å². The first kappa shape index (κ1) is 15.6. The van der Waals surface area contributed by atoms with Crippen molar-refractivity contribution in [3.63, 3.8) is 0 Å². The molecule has 0 spiro atoms. The predicted molar refractivity (Wildman–Crippen MR) is 76.5 cm³/mol. The number of aliphatic imine (C=N–C) groups is 1. The molecule has 1 heterocycles. The van der Waals surface area contributed by atoms with Crippen molar-refractivity contribution in [3.8, 4) is 0 Å². The van der Waals surface area contributed by atoms with Crippen LogP contribution < -0.4 is 10.7 Å². The standard InChI is InChI=1S/C14H18F2N4O/c1-2-5-17-7-14(21,8-20-10-18-9-19-20)12-4-3-11(15)6-13(12)16/h2-4,6,10,17,19,21H,1,5,7-9H2. The molecular weight excluding hydrogens is 278 g/mol. The number of nitrogens with zero attached hydrogens (tertiary/aromatic N) is 2. The zero-order chi connectivity index (χ0) is 15.3. The van der Waals surface area contributed by atoms with Crippen LogP contribution in [0.4, 0.5) is 8.78 Å². The van der Waals surface area contributed by atoms with Gasteiger partial charge in [-0.05, 0) is 6.07 Å². The highest BCUT2D eigenvalue weighted by Gasteiger charge is 2.34. The van der Waals surface area contributed by atoms with Crippen LogP contribution in [0.3, 0.4) is 0 Å². The Hall–Kier alpha value is -1.83. The van der Waals surface area contributed by atoms with Crippen LogP contribution in [-0.2, 0) is 5.60 Å². The number of rotatable bonds is 7. The number of hydrogen-bond acceptors (Lipinski definition) is 5. The van der Waals surface area contributed by atoms with E-state index in [0.29, 0.717) is 13.2 Å². The molecule has 0 aliphatic carbocycles. The summed E-state index contributed by atoms with van der Waals surface area (Å²) in [4.78, 5) is 3.96. The van der Waals surface area contributed by atoms with Gasteiger partial charge in [-0.15, -0.1) is 6.58 Å². The molecule has 0 radical (unpaired) electrons. The number of halogens is 2. The molecule has 21 heavy (non-hydrogen) atoms. The van der Waals surface area contributed by atoms with E-state index in [4.69, 9.17) is 0 Å². The van der Waals surface area contributed by atoms with Crippen molar-refractivity contribution < 1.29 is 13.9 Å². The highest BCUT2D eigenvalue weighted by atomic mass is 19.1. The Labute approximate surface area is 122 Å². The lowest BCUT2D eigenvalue weighted by atomic mass is 9.92. The smallest absolute Gasteiger partial charge is 0.132 e. The Morgan fingerprint density at radius 1 is 1.52 bits per heavy atom. The van der Waals surface area contributed by atoms with Gasteiger partial charge < -0.3 is 10.4 Å². The van der Waals surface area contributed by atoms with E-state index in [1.165, 1.54) is 12.4 Å². The molecule has 0 bridgehead atoms. The summed E-state index contributed by atoms with van der Waals surface area (Å²) in [5, 5.41) is 15.4. The number of hydrogen-bond donors (Lipinski definition) is 3. The quantitative estimate of drug-likeness (QED) is 0.513. The molecule has 7 heteroatoms. The maximum atomic E-state index is 14.0. The zero-order valence-electron chi connectivity index (χ0n) is 11.5. The molecule has 3 N–H and O–H groups in total. The van der Waals surface area contributed by atoms with Crippen LogP contribution in [0, 0.1) is 11.6 Å². The van der Waals surface area contributed by atoms with Gasteiger partial charge in [0.2, 0.25) is 0 Å². The van der Waals surface area contributed by atoms with Crippen LogP contribution in [0.15, 0.2) is 35.8 Å². The molecule has 1 aliphatic heterocycles. The summed E-state index contributed by atoms with van der Waals surface area (Å²) in [6.07, 6.45) is 3.16. The Balaban J connectivity index is 2.24. The lowest BCUT2D eigenvalue weighted by Gasteiger charge is -2.32. The average Bonchev–Trinajstić information content (AvgIpc) is 2.91. The summed E-state index contributed by atoms with van der Waals surface area (Å²) in [5.41, 5.74) is 1.40. The largest absolute Gasteiger partial charge is 0.382 e. The van der Waals surface area contributed by atoms with Crippen molar-refractivity contribution in [1.29, 1.82) is 0 Å². The van der Waals surface area contributed by atoms with Crippen molar-refractivity contribution in [2.24, 2.45) is 4.99 Å². The molecule has 2 rings (SSSR count). The van der Waals surface area contributed by atoms with E-state index < -0.39 is 17.2 Å². The number of aliphatic hydroxyl groups is 1. The molecule has 1 atom stereocenters. The maximum Gasteiger partial charge on any atom is 0.132 e. The number of nitrogens with one attached hydrogen (secondary N) is 2. The molecule has 1 aliphatic rings. The summed E-state index contributed by atoms with van der Waals surface area (Å²) < 4.78 is 27.1. The van der Waals surface area contributed by atoms with E-state index in [2.05, 4.69) is 22.3 Å². The van der Waals surface area contributed by atoms with E-state index >= 15 is 0 Å². The Bertz CT molecular complexity index is 538. The molecule has 5 nitrogen and oxygen atoms in total. The molecule has 114 valence electrons. The second-order valence-electron chi connectivity index (χ2n) is 4.82. The van der Waals surface area contributed by atoms with Gasteiger partial charge in [-0.25, -0.2) is 14.2 Å². The van der Waals surface area contributed by atoms with Gasteiger partial charge in [0.15, 0.2) is 0 Å². The molecule has 0 saturated carbocycles. The fraction of sp³-hybridized carbons (Fsp3) is 0.357. The van der Waals surface area contributed by atoms with Crippen LogP contribution in [0.25, 0.3) is 0 Å². The first-order valence-corrected chi connectivity index (χ1v) is 6.55. The fourth-order valence-corrected chi connectivity index (χ4v) is 2.17. The van der Waals surface area contributed by atoms with Crippen molar-refractivity contribution in [2.45, 2.75) is 5.60 Å². The summed E-state index contributed by atoms with van der Waals surface area (Å²) in [7, 11) is 0. The predicted octanol–water partition coefficient (Wildman–Crippen LogP) is 0.734. The van der Waals surface area contributed by atoms with Crippen LogP contribution in [0.1, 0.15) is 5.56 Å².